The monoisotopic (exact) mass is 515 g/mol. The van der Waals surface area contributed by atoms with Crippen molar-refractivity contribution >= 4 is 44.8 Å². The minimum Gasteiger partial charge on any atom is -0.303 e. The van der Waals surface area contributed by atoms with E-state index in [-0.39, 0.29) is 10.6 Å². The summed E-state index contributed by atoms with van der Waals surface area (Å²) in [5.41, 5.74) is 3.79. The Hall–Kier alpha value is -2.67. The van der Waals surface area contributed by atoms with Gasteiger partial charge < -0.3 is 4.57 Å². The zero-order valence-corrected chi connectivity index (χ0v) is 19.4. The van der Waals surface area contributed by atoms with Gasteiger partial charge >= 0.3 is 0 Å². The van der Waals surface area contributed by atoms with E-state index < -0.39 is 0 Å². The molecule has 0 bridgehead atoms. The number of imidazole rings is 1. The SMILES string of the molecule is Cc1ccc(-n2cc(-c3ccc(Cl)cc3Cl)nc2Cc2ccc(Br)cc2)cc1[N+](=O)[O-]. The molecule has 1 heterocycles. The Kier molecular flexibility index (Phi) is 6.14. The van der Waals surface area contributed by atoms with Crippen LogP contribution >= 0.6 is 39.1 Å². The summed E-state index contributed by atoms with van der Waals surface area (Å²) in [6, 6.07) is 18.4. The van der Waals surface area contributed by atoms with Crippen molar-refractivity contribution in [3.63, 3.8) is 0 Å². The number of hydrogen-bond donors (Lipinski definition) is 0. The van der Waals surface area contributed by atoms with Gasteiger partial charge in [-0.2, -0.15) is 0 Å². The van der Waals surface area contributed by atoms with Gasteiger partial charge in [-0.3, -0.25) is 10.1 Å². The summed E-state index contributed by atoms with van der Waals surface area (Å²) in [7, 11) is 0. The van der Waals surface area contributed by atoms with Gasteiger partial charge in [0.1, 0.15) is 5.82 Å². The van der Waals surface area contributed by atoms with Crippen molar-refractivity contribution in [1.82, 2.24) is 9.55 Å². The van der Waals surface area contributed by atoms with Crippen molar-refractivity contribution in [2.75, 3.05) is 0 Å². The Balaban J connectivity index is 1.85. The lowest BCUT2D eigenvalue weighted by Gasteiger charge is -2.09. The van der Waals surface area contributed by atoms with Gasteiger partial charge in [-0.1, -0.05) is 57.3 Å². The third-order valence-electron chi connectivity index (χ3n) is 4.93. The predicted octanol–water partition coefficient (Wildman–Crippen LogP) is 7.42. The van der Waals surface area contributed by atoms with E-state index in [0.717, 1.165) is 21.4 Å². The molecule has 0 radical (unpaired) electrons. The van der Waals surface area contributed by atoms with Crippen LogP contribution in [0, 0.1) is 17.0 Å². The van der Waals surface area contributed by atoms with E-state index in [1.807, 2.05) is 47.2 Å². The lowest BCUT2D eigenvalue weighted by molar-refractivity contribution is -0.385. The van der Waals surface area contributed by atoms with Gasteiger partial charge in [0, 0.05) is 39.3 Å². The van der Waals surface area contributed by atoms with E-state index >= 15 is 0 Å². The molecule has 0 fully saturated rings. The molecule has 5 nitrogen and oxygen atoms in total. The first-order valence-electron chi connectivity index (χ1n) is 9.35. The van der Waals surface area contributed by atoms with Crippen molar-refractivity contribution in [3.05, 3.63) is 108 Å². The second-order valence-corrected chi connectivity index (χ2v) is 8.83. The number of aryl methyl sites for hydroxylation is 1. The van der Waals surface area contributed by atoms with Crippen molar-refractivity contribution < 1.29 is 4.92 Å². The summed E-state index contributed by atoms with van der Waals surface area (Å²) in [5, 5.41) is 12.5. The molecular weight excluding hydrogens is 501 g/mol. The van der Waals surface area contributed by atoms with Crippen molar-refractivity contribution in [2.24, 2.45) is 0 Å². The minimum atomic E-state index is -0.374. The predicted molar refractivity (Wildman–Crippen MR) is 127 cm³/mol. The molecule has 4 rings (SSSR count). The fourth-order valence-corrected chi connectivity index (χ4v) is 4.09. The van der Waals surface area contributed by atoms with Crippen LogP contribution in [0.3, 0.4) is 0 Å². The highest BCUT2D eigenvalue weighted by atomic mass is 79.9. The van der Waals surface area contributed by atoms with Crippen LogP contribution in [0.1, 0.15) is 17.0 Å². The summed E-state index contributed by atoms with van der Waals surface area (Å²) < 4.78 is 2.86. The van der Waals surface area contributed by atoms with Crippen LogP contribution in [-0.4, -0.2) is 14.5 Å². The van der Waals surface area contributed by atoms with Crippen LogP contribution in [0.2, 0.25) is 10.0 Å². The van der Waals surface area contributed by atoms with Crippen LogP contribution in [-0.2, 0) is 6.42 Å². The highest BCUT2D eigenvalue weighted by molar-refractivity contribution is 9.10. The van der Waals surface area contributed by atoms with E-state index in [2.05, 4.69) is 15.9 Å². The molecule has 0 atom stereocenters. The van der Waals surface area contributed by atoms with Crippen molar-refractivity contribution in [3.8, 4) is 16.9 Å². The summed E-state index contributed by atoms with van der Waals surface area (Å²) in [5.74, 6) is 0.737. The van der Waals surface area contributed by atoms with Gasteiger partial charge in [-0.25, -0.2) is 4.98 Å². The molecule has 0 saturated heterocycles. The van der Waals surface area contributed by atoms with Gasteiger partial charge in [0.15, 0.2) is 0 Å². The molecule has 8 heteroatoms. The summed E-state index contributed by atoms with van der Waals surface area (Å²) in [4.78, 5) is 15.9. The standard InChI is InChI=1S/C23H16BrCl2N3O2/c1-14-2-8-18(12-22(14)29(30)31)28-13-21(19-9-7-17(25)11-20(19)26)27-23(28)10-15-3-5-16(24)6-4-15/h2-9,11-13H,10H2,1H3. The summed E-state index contributed by atoms with van der Waals surface area (Å²) in [6.07, 6.45) is 2.39. The zero-order valence-electron chi connectivity index (χ0n) is 16.3. The molecule has 156 valence electrons. The molecule has 0 amide bonds. The molecule has 31 heavy (non-hydrogen) atoms. The number of halogens is 3. The quantitative estimate of drug-likeness (QED) is 0.205. The molecule has 3 aromatic carbocycles. The normalized spacial score (nSPS) is 11.0. The molecule has 0 N–H and O–H groups in total. The number of aromatic nitrogens is 2. The highest BCUT2D eigenvalue weighted by Gasteiger charge is 2.17. The van der Waals surface area contributed by atoms with Gasteiger partial charge in [0.2, 0.25) is 0 Å². The maximum atomic E-state index is 11.5. The molecule has 0 saturated carbocycles. The Morgan fingerprint density at radius 3 is 2.48 bits per heavy atom. The van der Waals surface area contributed by atoms with Crippen LogP contribution in [0.5, 0.6) is 0 Å². The third kappa shape index (κ3) is 4.66. The third-order valence-corrected chi connectivity index (χ3v) is 6.01. The van der Waals surface area contributed by atoms with E-state index in [9.17, 15) is 10.1 Å². The van der Waals surface area contributed by atoms with Gasteiger partial charge in [-0.05, 0) is 48.9 Å². The molecule has 4 aromatic rings. The van der Waals surface area contributed by atoms with E-state index in [1.54, 1.807) is 31.2 Å². The van der Waals surface area contributed by atoms with Crippen molar-refractivity contribution in [1.29, 1.82) is 0 Å². The molecule has 0 aliphatic rings. The van der Waals surface area contributed by atoms with Gasteiger partial charge in [0.25, 0.3) is 5.69 Å². The Morgan fingerprint density at radius 1 is 1.06 bits per heavy atom. The molecule has 1 aromatic heterocycles. The van der Waals surface area contributed by atoms with Crippen LogP contribution in [0.4, 0.5) is 5.69 Å². The first-order chi connectivity index (χ1) is 14.8. The lowest BCUT2D eigenvalue weighted by atomic mass is 10.1. The topological polar surface area (TPSA) is 61.0 Å². The first kappa shape index (κ1) is 21.6. The average Bonchev–Trinajstić information content (AvgIpc) is 3.13. The van der Waals surface area contributed by atoms with Gasteiger partial charge in [-0.15, -0.1) is 0 Å². The summed E-state index contributed by atoms with van der Waals surface area (Å²) in [6.45, 7) is 1.72. The number of nitrogens with zero attached hydrogens (tertiary/aromatic N) is 3. The molecule has 0 spiro atoms. The first-order valence-corrected chi connectivity index (χ1v) is 10.9. The fourth-order valence-electron chi connectivity index (χ4n) is 3.32. The van der Waals surface area contributed by atoms with Crippen LogP contribution < -0.4 is 0 Å². The molecular formula is C23H16BrCl2N3O2. The summed E-state index contributed by atoms with van der Waals surface area (Å²) >= 11 is 15.9. The van der Waals surface area contributed by atoms with E-state index in [1.165, 1.54) is 0 Å². The maximum Gasteiger partial charge on any atom is 0.274 e. The fraction of sp³-hybridized carbons (Fsp3) is 0.0870. The lowest BCUT2D eigenvalue weighted by Crippen LogP contribution is -2.03. The zero-order chi connectivity index (χ0) is 22.1. The molecule has 0 aliphatic carbocycles. The second-order valence-electron chi connectivity index (χ2n) is 7.07. The maximum absolute atomic E-state index is 11.5. The van der Waals surface area contributed by atoms with Crippen LogP contribution in [0.15, 0.2) is 71.3 Å². The number of nitro benzene ring substituents is 1. The van der Waals surface area contributed by atoms with Crippen LogP contribution in [0.25, 0.3) is 16.9 Å². The Morgan fingerprint density at radius 2 is 1.81 bits per heavy atom. The highest BCUT2D eigenvalue weighted by Crippen LogP contribution is 2.32. The van der Waals surface area contributed by atoms with E-state index in [4.69, 9.17) is 28.2 Å². The van der Waals surface area contributed by atoms with E-state index in [0.29, 0.717) is 33.4 Å². The number of hydrogen-bond acceptors (Lipinski definition) is 3. The Labute approximate surface area is 197 Å². The second kappa shape index (κ2) is 8.83. The number of nitro groups is 1. The number of benzene rings is 3. The largest absolute Gasteiger partial charge is 0.303 e. The molecule has 0 unspecified atom stereocenters. The minimum absolute atomic E-state index is 0.0619. The van der Waals surface area contributed by atoms with Gasteiger partial charge in [0.05, 0.1) is 21.3 Å². The van der Waals surface area contributed by atoms with Crippen molar-refractivity contribution in [2.45, 2.75) is 13.3 Å². The number of rotatable bonds is 5. The Bertz CT molecular complexity index is 1290. The smallest absolute Gasteiger partial charge is 0.274 e. The average molecular weight is 517 g/mol. The molecule has 0 aliphatic heterocycles.